The summed E-state index contributed by atoms with van der Waals surface area (Å²) in [6.07, 6.45) is 3.01. The van der Waals surface area contributed by atoms with Gasteiger partial charge in [0.1, 0.15) is 12.4 Å². The molecular weight excluding hydrogens is 463 g/mol. The van der Waals surface area contributed by atoms with Gasteiger partial charge in [-0.15, -0.1) is 0 Å². The van der Waals surface area contributed by atoms with E-state index in [0.717, 1.165) is 6.54 Å². The van der Waals surface area contributed by atoms with Crippen molar-refractivity contribution in [2.45, 2.75) is 39.8 Å². The van der Waals surface area contributed by atoms with E-state index in [1.807, 2.05) is 0 Å². The fourth-order valence-electron chi connectivity index (χ4n) is 3.21. The van der Waals surface area contributed by atoms with Crippen LogP contribution in [0.25, 0.3) is 6.08 Å². The molecule has 0 aliphatic rings. The Labute approximate surface area is 192 Å². The van der Waals surface area contributed by atoms with Crippen molar-refractivity contribution in [2.75, 3.05) is 25.6 Å². The van der Waals surface area contributed by atoms with Gasteiger partial charge in [-0.1, -0.05) is 6.07 Å². The van der Waals surface area contributed by atoms with Crippen LogP contribution in [0.3, 0.4) is 0 Å². The standard InChI is InChI=1S/C24H30BrFN2O3/c1-16(2)28(17(3)4)12-13-31-23-15-19(8-10-22(23)30-5)27-24(29)11-7-18-6-9-21(26)20(25)14-18/h6-11,14-17H,12-13H2,1-5H3,(H,27,29). The molecule has 0 heterocycles. The lowest BCUT2D eigenvalue weighted by atomic mass is 10.2. The molecule has 7 heteroatoms. The molecule has 0 unspecified atom stereocenters. The number of carbonyl (C=O) groups excluding carboxylic acids is 1. The third-order valence-corrected chi connectivity index (χ3v) is 5.34. The molecule has 168 valence electrons. The molecule has 0 radical (unpaired) electrons. The summed E-state index contributed by atoms with van der Waals surface area (Å²) < 4.78 is 25.0. The van der Waals surface area contributed by atoms with Crippen molar-refractivity contribution < 1.29 is 18.7 Å². The number of carbonyl (C=O) groups is 1. The van der Waals surface area contributed by atoms with Gasteiger partial charge in [0.05, 0.1) is 11.6 Å². The predicted molar refractivity (Wildman–Crippen MR) is 127 cm³/mol. The van der Waals surface area contributed by atoms with Crippen molar-refractivity contribution in [3.05, 3.63) is 58.3 Å². The average Bonchev–Trinajstić information content (AvgIpc) is 2.71. The van der Waals surface area contributed by atoms with E-state index in [2.05, 4.69) is 53.8 Å². The van der Waals surface area contributed by atoms with Crippen LogP contribution in [-0.4, -0.2) is 43.2 Å². The van der Waals surface area contributed by atoms with Crippen LogP contribution < -0.4 is 14.8 Å². The molecule has 0 spiro atoms. The van der Waals surface area contributed by atoms with Gasteiger partial charge in [0.2, 0.25) is 5.91 Å². The number of hydrogen-bond acceptors (Lipinski definition) is 4. The van der Waals surface area contributed by atoms with Gasteiger partial charge < -0.3 is 14.8 Å². The van der Waals surface area contributed by atoms with Crippen molar-refractivity contribution in [3.63, 3.8) is 0 Å². The quantitative estimate of drug-likeness (QED) is 0.429. The Kier molecular flexibility index (Phi) is 9.52. The van der Waals surface area contributed by atoms with E-state index in [1.165, 1.54) is 12.1 Å². The molecule has 0 atom stereocenters. The first-order chi connectivity index (χ1) is 14.7. The zero-order chi connectivity index (χ0) is 23.0. The number of ether oxygens (including phenoxy) is 2. The summed E-state index contributed by atoms with van der Waals surface area (Å²) in [5, 5.41) is 2.81. The third-order valence-electron chi connectivity index (χ3n) is 4.74. The highest BCUT2D eigenvalue weighted by molar-refractivity contribution is 9.10. The number of benzene rings is 2. The van der Waals surface area contributed by atoms with Crippen LogP contribution in [0.2, 0.25) is 0 Å². The fourth-order valence-corrected chi connectivity index (χ4v) is 3.61. The minimum atomic E-state index is -0.350. The van der Waals surface area contributed by atoms with Crippen molar-refractivity contribution in [1.29, 1.82) is 0 Å². The average molecular weight is 493 g/mol. The Morgan fingerprint density at radius 1 is 1.13 bits per heavy atom. The minimum Gasteiger partial charge on any atom is -0.493 e. The zero-order valence-electron chi connectivity index (χ0n) is 18.6. The van der Waals surface area contributed by atoms with E-state index in [4.69, 9.17) is 9.47 Å². The number of nitrogens with zero attached hydrogens (tertiary/aromatic N) is 1. The molecule has 0 saturated heterocycles. The molecule has 1 amide bonds. The second kappa shape index (κ2) is 11.9. The number of anilines is 1. The third kappa shape index (κ3) is 7.67. The lowest BCUT2D eigenvalue weighted by molar-refractivity contribution is -0.111. The first-order valence-electron chi connectivity index (χ1n) is 10.2. The monoisotopic (exact) mass is 492 g/mol. The summed E-state index contributed by atoms with van der Waals surface area (Å²) in [5.74, 6) is 0.518. The molecule has 0 aliphatic carbocycles. The number of methoxy groups -OCH3 is 1. The van der Waals surface area contributed by atoms with Crippen LogP contribution in [0.4, 0.5) is 10.1 Å². The first-order valence-corrected chi connectivity index (χ1v) is 11.0. The molecule has 1 N–H and O–H groups in total. The van der Waals surface area contributed by atoms with Crippen LogP contribution in [0.5, 0.6) is 11.5 Å². The van der Waals surface area contributed by atoms with Crippen LogP contribution in [0.1, 0.15) is 33.3 Å². The normalized spacial score (nSPS) is 11.5. The summed E-state index contributed by atoms with van der Waals surface area (Å²) >= 11 is 3.14. The molecule has 0 saturated carbocycles. The van der Waals surface area contributed by atoms with Crippen molar-refractivity contribution in [2.24, 2.45) is 0 Å². The van der Waals surface area contributed by atoms with Gasteiger partial charge in [0, 0.05) is 36.5 Å². The number of halogens is 2. The largest absolute Gasteiger partial charge is 0.493 e. The van der Waals surface area contributed by atoms with Gasteiger partial charge in [-0.05, 0) is 79.5 Å². The molecule has 0 aromatic heterocycles. The molecule has 0 fully saturated rings. The molecule has 0 aliphatic heterocycles. The number of rotatable bonds is 10. The van der Waals surface area contributed by atoms with Gasteiger partial charge in [-0.3, -0.25) is 9.69 Å². The van der Waals surface area contributed by atoms with Crippen molar-refractivity contribution >= 4 is 33.6 Å². The van der Waals surface area contributed by atoms with Gasteiger partial charge >= 0.3 is 0 Å². The first kappa shape index (κ1) is 24.9. The summed E-state index contributed by atoms with van der Waals surface area (Å²) in [7, 11) is 1.58. The van der Waals surface area contributed by atoms with E-state index < -0.39 is 0 Å². The summed E-state index contributed by atoms with van der Waals surface area (Å²) in [6, 6.07) is 10.6. The van der Waals surface area contributed by atoms with Crippen molar-refractivity contribution in [3.8, 4) is 11.5 Å². The van der Waals surface area contributed by atoms with Crippen LogP contribution >= 0.6 is 15.9 Å². The maximum Gasteiger partial charge on any atom is 0.248 e. The Morgan fingerprint density at radius 2 is 1.84 bits per heavy atom. The highest BCUT2D eigenvalue weighted by Crippen LogP contribution is 2.30. The molecule has 31 heavy (non-hydrogen) atoms. The highest BCUT2D eigenvalue weighted by atomic mass is 79.9. The molecule has 0 bridgehead atoms. The summed E-state index contributed by atoms with van der Waals surface area (Å²) in [4.78, 5) is 14.6. The number of nitrogens with one attached hydrogen (secondary N) is 1. The molecule has 2 aromatic rings. The van der Waals surface area contributed by atoms with E-state index in [9.17, 15) is 9.18 Å². The Balaban J connectivity index is 2.02. The number of hydrogen-bond donors (Lipinski definition) is 1. The van der Waals surface area contributed by atoms with E-state index in [-0.39, 0.29) is 11.7 Å². The number of amides is 1. The Morgan fingerprint density at radius 3 is 2.45 bits per heavy atom. The lowest BCUT2D eigenvalue weighted by Gasteiger charge is -2.30. The minimum absolute atomic E-state index is 0.303. The SMILES string of the molecule is COc1ccc(NC(=O)C=Cc2ccc(F)c(Br)c2)cc1OCCN(C(C)C)C(C)C. The van der Waals surface area contributed by atoms with Gasteiger partial charge in [-0.2, -0.15) is 0 Å². The van der Waals surface area contributed by atoms with E-state index in [1.54, 1.807) is 43.5 Å². The lowest BCUT2D eigenvalue weighted by Crippen LogP contribution is -2.39. The summed E-state index contributed by atoms with van der Waals surface area (Å²) in [6.45, 7) is 9.93. The van der Waals surface area contributed by atoms with Gasteiger partial charge in [0.15, 0.2) is 11.5 Å². The van der Waals surface area contributed by atoms with Gasteiger partial charge in [0.25, 0.3) is 0 Å². The second-order valence-electron chi connectivity index (χ2n) is 7.64. The molecule has 2 rings (SSSR count). The highest BCUT2D eigenvalue weighted by Gasteiger charge is 2.14. The molecular formula is C24H30BrFN2O3. The maximum atomic E-state index is 13.3. The fraction of sp³-hybridized carbons (Fsp3) is 0.375. The van der Waals surface area contributed by atoms with Crippen LogP contribution in [0, 0.1) is 5.82 Å². The van der Waals surface area contributed by atoms with E-state index in [0.29, 0.717) is 45.9 Å². The Bertz CT molecular complexity index is 908. The molecule has 2 aromatic carbocycles. The Hall–Kier alpha value is -2.38. The van der Waals surface area contributed by atoms with Gasteiger partial charge in [-0.25, -0.2) is 4.39 Å². The predicted octanol–water partition coefficient (Wildman–Crippen LogP) is 5.75. The second-order valence-corrected chi connectivity index (χ2v) is 8.49. The van der Waals surface area contributed by atoms with Crippen LogP contribution in [0.15, 0.2) is 46.9 Å². The molecule has 5 nitrogen and oxygen atoms in total. The topological polar surface area (TPSA) is 50.8 Å². The maximum absolute atomic E-state index is 13.3. The summed E-state index contributed by atoms with van der Waals surface area (Å²) in [5.41, 5.74) is 1.30. The van der Waals surface area contributed by atoms with E-state index >= 15 is 0 Å². The van der Waals surface area contributed by atoms with Crippen LogP contribution in [-0.2, 0) is 4.79 Å². The smallest absolute Gasteiger partial charge is 0.248 e. The zero-order valence-corrected chi connectivity index (χ0v) is 20.2. The van der Waals surface area contributed by atoms with Crippen molar-refractivity contribution in [1.82, 2.24) is 4.90 Å².